The van der Waals surface area contributed by atoms with E-state index in [-0.39, 0.29) is 0 Å². The minimum Gasteiger partial charge on any atom is -0.301 e. The van der Waals surface area contributed by atoms with E-state index >= 15 is 0 Å². The molecular formula is C14H20ClNS. The molecule has 0 aliphatic carbocycles. The van der Waals surface area contributed by atoms with E-state index in [0.29, 0.717) is 11.3 Å². The zero-order chi connectivity index (χ0) is 12.1. The van der Waals surface area contributed by atoms with E-state index in [9.17, 15) is 0 Å². The Morgan fingerprint density at radius 1 is 1.35 bits per heavy atom. The van der Waals surface area contributed by atoms with Crippen molar-refractivity contribution in [2.45, 2.75) is 23.6 Å². The van der Waals surface area contributed by atoms with Gasteiger partial charge in [0.15, 0.2) is 0 Å². The monoisotopic (exact) mass is 269 g/mol. The van der Waals surface area contributed by atoms with Crippen molar-refractivity contribution in [3.05, 3.63) is 30.3 Å². The lowest BCUT2D eigenvalue weighted by molar-refractivity contribution is 0.207. The lowest BCUT2D eigenvalue weighted by Gasteiger charge is -2.33. The number of rotatable bonds is 4. The Morgan fingerprint density at radius 2 is 2.12 bits per heavy atom. The molecule has 2 unspecified atom stereocenters. The molecule has 3 heteroatoms. The van der Waals surface area contributed by atoms with Gasteiger partial charge in [0.05, 0.1) is 0 Å². The van der Waals surface area contributed by atoms with E-state index in [1.807, 2.05) is 11.8 Å². The number of benzene rings is 1. The molecule has 0 N–H and O–H groups in total. The average molecular weight is 270 g/mol. The molecule has 2 rings (SSSR count). The van der Waals surface area contributed by atoms with Crippen LogP contribution in [0.5, 0.6) is 0 Å². The third-order valence-corrected chi connectivity index (χ3v) is 4.93. The average Bonchev–Trinajstić information content (AvgIpc) is 2.35. The highest BCUT2D eigenvalue weighted by atomic mass is 35.5. The van der Waals surface area contributed by atoms with E-state index in [2.05, 4.69) is 42.2 Å². The molecule has 0 spiro atoms. The topological polar surface area (TPSA) is 3.24 Å². The molecule has 0 saturated carbocycles. The molecule has 0 aromatic heterocycles. The molecule has 1 aromatic carbocycles. The molecule has 1 heterocycles. The molecule has 1 aliphatic rings. The highest BCUT2D eigenvalue weighted by molar-refractivity contribution is 7.99. The predicted molar refractivity (Wildman–Crippen MR) is 77.0 cm³/mol. The third kappa shape index (κ3) is 4.20. The number of piperidine rings is 1. The first-order valence-electron chi connectivity index (χ1n) is 6.30. The molecule has 17 heavy (non-hydrogen) atoms. The van der Waals surface area contributed by atoms with Crippen molar-refractivity contribution in [2.24, 2.45) is 5.92 Å². The van der Waals surface area contributed by atoms with Gasteiger partial charge >= 0.3 is 0 Å². The maximum Gasteiger partial charge on any atom is 0.0489 e. The smallest absolute Gasteiger partial charge is 0.0489 e. The fourth-order valence-electron chi connectivity index (χ4n) is 2.10. The van der Waals surface area contributed by atoms with Gasteiger partial charge in [0.1, 0.15) is 0 Å². The van der Waals surface area contributed by atoms with Crippen LogP contribution < -0.4 is 0 Å². The quantitative estimate of drug-likeness (QED) is 0.605. The van der Waals surface area contributed by atoms with Gasteiger partial charge in [0, 0.05) is 29.1 Å². The predicted octanol–water partition coefficient (Wildman–Crippen LogP) is 3.73. The van der Waals surface area contributed by atoms with Crippen LogP contribution in [-0.4, -0.2) is 35.7 Å². The number of likely N-dealkylation sites (tertiary alicyclic amines) is 1. The number of alkyl halides is 1. The van der Waals surface area contributed by atoms with Crippen LogP contribution in [0.2, 0.25) is 0 Å². The molecule has 1 saturated heterocycles. The maximum absolute atomic E-state index is 6.31. The van der Waals surface area contributed by atoms with Crippen LogP contribution in [0, 0.1) is 5.92 Å². The van der Waals surface area contributed by atoms with Crippen LogP contribution in [0.1, 0.15) is 13.3 Å². The van der Waals surface area contributed by atoms with E-state index in [1.54, 1.807) is 0 Å². The van der Waals surface area contributed by atoms with Gasteiger partial charge in [-0.25, -0.2) is 0 Å². The van der Waals surface area contributed by atoms with Crippen molar-refractivity contribution in [1.82, 2.24) is 4.90 Å². The van der Waals surface area contributed by atoms with Crippen LogP contribution >= 0.6 is 23.4 Å². The first-order chi connectivity index (χ1) is 8.25. The van der Waals surface area contributed by atoms with Crippen molar-refractivity contribution >= 4 is 23.4 Å². The van der Waals surface area contributed by atoms with Crippen LogP contribution in [0.15, 0.2) is 35.2 Å². The summed E-state index contributed by atoms with van der Waals surface area (Å²) in [5, 5.41) is 0.338. The zero-order valence-electron chi connectivity index (χ0n) is 10.3. The summed E-state index contributed by atoms with van der Waals surface area (Å²) in [5.41, 5.74) is 0. The Hall–Kier alpha value is -0.180. The zero-order valence-corrected chi connectivity index (χ0v) is 11.9. The van der Waals surface area contributed by atoms with E-state index < -0.39 is 0 Å². The van der Waals surface area contributed by atoms with Gasteiger partial charge in [0.25, 0.3) is 0 Å². The standard InChI is InChI=1S/C14H20ClNS/c1-12-7-8-16(11-14(12)15)9-10-17-13-5-3-2-4-6-13/h2-6,12,14H,7-11H2,1H3. The molecule has 1 aliphatic heterocycles. The summed E-state index contributed by atoms with van der Waals surface area (Å²) in [5.74, 6) is 1.83. The Bertz CT molecular complexity index is 330. The van der Waals surface area contributed by atoms with Crippen molar-refractivity contribution in [1.29, 1.82) is 0 Å². The molecule has 0 bridgehead atoms. The summed E-state index contributed by atoms with van der Waals surface area (Å²) in [6, 6.07) is 10.6. The normalized spacial score (nSPS) is 26.0. The molecular weight excluding hydrogens is 250 g/mol. The van der Waals surface area contributed by atoms with Gasteiger partial charge in [-0.3, -0.25) is 0 Å². The van der Waals surface area contributed by atoms with Crippen LogP contribution in [0.4, 0.5) is 0 Å². The van der Waals surface area contributed by atoms with Crippen LogP contribution in [0.25, 0.3) is 0 Å². The molecule has 94 valence electrons. The summed E-state index contributed by atoms with van der Waals surface area (Å²) in [7, 11) is 0. The Balaban J connectivity index is 1.69. The summed E-state index contributed by atoms with van der Waals surface area (Å²) < 4.78 is 0. The number of hydrogen-bond donors (Lipinski definition) is 0. The van der Waals surface area contributed by atoms with Gasteiger partial charge in [0.2, 0.25) is 0 Å². The van der Waals surface area contributed by atoms with Gasteiger partial charge in [-0.2, -0.15) is 0 Å². The maximum atomic E-state index is 6.31. The minimum absolute atomic E-state index is 0.338. The Labute approximate surface area is 114 Å². The SMILES string of the molecule is CC1CCN(CCSc2ccccc2)CC1Cl. The second-order valence-corrected chi connectivity index (χ2v) is 6.47. The summed E-state index contributed by atoms with van der Waals surface area (Å²) in [4.78, 5) is 3.86. The fourth-order valence-corrected chi connectivity index (χ4v) is 3.35. The van der Waals surface area contributed by atoms with E-state index in [4.69, 9.17) is 11.6 Å². The van der Waals surface area contributed by atoms with Crippen molar-refractivity contribution < 1.29 is 0 Å². The van der Waals surface area contributed by atoms with Crippen molar-refractivity contribution in [2.75, 3.05) is 25.4 Å². The van der Waals surface area contributed by atoms with Crippen molar-refractivity contribution in [3.8, 4) is 0 Å². The third-order valence-electron chi connectivity index (χ3n) is 3.37. The second kappa shape index (κ2) is 6.67. The number of halogens is 1. The molecule has 0 radical (unpaired) electrons. The Kier molecular flexibility index (Phi) is 5.20. The largest absolute Gasteiger partial charge is 0.301 e. The van der Waals surface area contributed by atoms with Crippen LogP contribution in [-0.2, 0) is 0 Å². The molecule has 1 fully saturated rings. The first-order valence-corrected chi connectivity index (χ1v) is 7.72. The van der Waals surface area contributed by atoms with Gasteiger partial charge in [-0.15, -0.1) is 23.4 Å². The van der Waals surface area contributed by atoms with Gasteiger partial charge in [-0.05, 0) is 31.0 Å². The highest BCUT2D eigenvalue weighted by Gasteiger charge is 2.23. The fraction of sp³-hybridized carbons (Fsp3) is 0.571. The molecule has 0 amide bonds. The Morgan fingerprint density at radius 3 is 2.82 bits per heavy atom. The number of thioether (sulfide) groups is 1. The molecule has 1 aromatic rings. The second-order valence-electron chi connectivity index (χ2n) is 4.74. The van der Waals surface area contributed by atoms with E-state index in [1.165, 1.54) is 17.9 Å². The summed E-state index contributed by atoms with van der Waals surface area (Å²) in [6.45, 7) is 5.67. The van der Waals surface area contributed by atoms with E-state index in [0.717, 1.165) is 18.8 Å². The molecule has 2 atom stereocenters. The first kappa shape index (κ1) is 13.3. The van der Waals surface area contributed by atoms with Gasteiger partial charge in [-0.1, -0.05) is 25.1 Å². The number of hydrogen-bond acceptors (Lipinski definition) is 2. The lowest BCUT2D eigenvalue weighted by atomic mass is 9.99. The highest BCUT2D eigenvalue weighted by Crippen LogP contribution is 2.23. The number of nitrogens with zero attached hydrogens (tertiary/aromatic N) is 1. The van der Waals surface area contributed by atoms with Crippen LogP contribution in [0.3, 0.4) is 0 Å². The molecule has 1 nitrogen and oxygen atoms in total. The van der Waals surface area contributed by atoms with Crippen molar-refractivity contribution in [3.63, 3.8) is 0 Å². The summed E-state index contributed by atoms with van der Waals surface area (Å²) in [6.07, 6.45) is 1.24. The summed E-state index contributed by atoms with van der Waals surface area (Å²) >= 11 is 8.24. The lowest BCUT2D eigenvalue weighted by Crippen LogP contribution is -2.41. The minimum atomic E-state index is 0.338. The van der Waals surface area contributed by atoms with Gasteiger partial charge < -0.3 is 4.90 Å².